The van der Waals surface area contributed by atoms with E-state index < -0.39 is 11.7 Å². The molecule has 0 aliphatic carbocycles. The van der Waals surface area contributed by atoms with Gasteiger partial charge in [0.1, 0.15) is 5.60 Å². The Morgan fingerprint density at radius 2 is 2.19 bits per heavy atom. The van der Waals surface area contributed by atoms with Gasteiger partial charge in [0, 0.05) is 12.5 Å². The van der Waals surface area contributed by atoms with Gasteiger partial charge in [-0.1, -0.05) is 0 Å². The van der Waals surface area contributed by atoms with Crippen LogP contribution in [0.5, 0.6) is 0 Å². The minimum atomic E-state index is -0.490. The lowest BCUT2D eigenvalue weighted by molar-refractivity contribution is 0.00182. The number of carbonyl (C=O) groups excluding carboxylic acids is 1. The van der Waals surface area contributed by atoms with Gasteiger partial charge in [0.15, 0.2) is 0 Å². The minimum absolute atomic E-state index is 0.0688. The molecule has 0 radical (unpaired) electrons. The van der Waals surface area contributed by atoms with Gasteiger partial charge in [-0.05, 0) is 27.2 Å². The number of hydrogen-bond acceptors (Lipinski definition) is 4. The Hall–Kier alpha value is -0.810. The summed E-state index contributed by atoms with van der Waals surface area (Å²) in [5, 5.41) is 11.7. The van der Waals surface area contributed by atoms with E-state index in [0.717, 1.165) is 6.42 Å². The molecule has 5 heteroatoms. The van der Waals surface area contributed by atoms with Gasteiger partial charge >= 0.3 is 6.09 Å². The van der Waals surface area contributed by atoms with Crippen LogP contribution in [0.2, 0.25) is 0 Å². The fourth-order valence-electron chi connectivity index (χ4n) is 1.62. The van der Waals surface area contributed by atoms with Crippen molar-refractivity contribution < 1.29 is 19.4 Å². The van der Waals surface area contributed by atoms with Crippen molar-refractivity contribution in [2.45, 2.75) is 38.8 Å². The van der Waals surface area contributed by atoms with Crippen LogP contribution in [0.15, 0.2) is 0 Å². The number of alkyl carbamates (subject to hydrolysis) is 1. The third-order valence-electron chi connectivity index (χ3n) is 2.27. The highest BCUT2D eigenvalue weighted by atomic mass is 16.6. The molecule has 2 atom stereocenters. The summed E-state index contributed by atoms with van der Waals surface area (Å²) in [7, 11) is 0. The van der Waals surface area contributed by atoms with Gasteiger partial charge in [-0.25, -0.2) is 4.79 Å². The average molecular weight is 231 g/mol. The van der Waals surface area contributed by atoms with Crippen LogP contribution in [0, 0.1) is 5.92 Å². The van der Waals surface area contributed by atoms with Crippen LogP contribution in [0.3, 0.4) is 0 Å². The standard InChI is InChI=1S/C11H21NO4/c1-11(2,3)16-10(14)12-9-4-8(5-13)6-15-7-9/h8-9,13H,4-7H2,1-3H3,(H,12,14)/t8-,9-/m1/s1. The van der Waals surface area contributed by atoms with Crippen molar-refractivity contribution in [1.82, 2.24) is 5.32 Å². The van der Waals surface area contributed by atoms with E-state index >= 15 is 0 Å². The molecule has 0 aromatic rings. The fourth-order valence-corrected chi connectivity index (χ4v) is 1.62. The summed E-state index contributed by atoms with van der Waals surface area (Å²) in [6, 6.07) is -0.0688. The maximum absolute atomic E-state index is 11.5. The smallest absolute Gasteiger partial charge is 0.407 e. The van der Waals surface area contributed by atoms with Crippen molar-refractivity contribution in [2.24, 2.45) is 5.92 Å². The van der Waals surface area contributed by atoms with Gasteiger partial charge in [-0.15, -0.1) is 0 Å². The average Bonchev–Trinajstić information content (AvgIpc) is 2.15. The monoisotopic (exact) mass is 231 g/mol. The Morgan fingerprint density at radius 1 is 1.50 bits per heavy atom. The van der Waals surface area contributed by atoms with Crippen LogP contribution < -0.4 is 5.32 Å². The molecule has 2 N–H and O–H groups in total. The van der Waals surface area contributed by atoms with E-state index in [-0.39, 0.29) is 18.6 Å². The number of carbonyl (C=O) groups is 1. The molecule has 1 fully saturated rings. The van der Waals surface area contributed by atoms with Gasteiger partial charge in [0.05, 0.1) is 19.3 Å². The number of aliphatic hydroxyl groups excluding tert-OH is 1. The van der Waals surface area contributed by atoms with Gasteiger partial charge in [-0.2, -0.15) is 0 Å². The minimum Gasteiger partial charge on any atom is -0.444 e. The van der Waals surface area contributed by atoms with E-state index in [1.165, 1.54) is 0 Å². The summed E-state index contributed by atoms with van der Waals surface area (Å²) in [6.07, 6.45) is 0.301. The van der Waals surface area contributed by atoms with Crippen LogP contribution in [-0.2, 0) is 9.47 Å². The maximum atomic E-state index is 11.5. The number of rotatable bonds is 2. The van der Waals surface area contributed by atoms with E-state index in [2.05, 4.69) is 5.32 Å². The van der Waals surface area contributed by atoms with Crippen molar-refractivity contribution in [2.75, 3.05) is 19.8 Å². The molecule has 1 aliphatic heterocycles. The lowest BCUT2D eigenvalue weighted by Crippen LogP contribution is -2.45. The molecule has 1 rings (SSSR count). The first-order valence-corrected chi connectivity index (χ1v) is 5.59. The molecular weight excluding hydrogens is 210 g/mol. The van der Waals surface area contributed by atoms with Crippen molar-refractivity contribution >= 4 is 6.09 Å². The Labute approximate surface area is 96.1 Å². The number of amides is 1. The molecular formula is C11H21NO4. The van der Waals surface area contributed by atoms with E-state index in [9.17, 15) is 4.79 Å². The molecule has 5 nitrogen and oxygen atoms in total. The molecule has 0 unspecified atom stereocenters. The first kappa shape index (κ1) is 13.3. The second-order valence-corrected chi connectivity index (χ2v) is 5.16. The number of ether oxygens (including phenoxy) is 2. The van der Waals surface area contributed by atoms with Crippen LogP contribution in [0.4, 0.5) is 4.79 Å². The van der Waals surface area contributed by atoms with Crippen molar-refractivity contribution in [3.8, 4) is 0 Å². The van der Waals surface area contributed by atoms with E-state index in [0.29, 0.717) is 13.2 Å². The van der Waals surface area contributed by atoms with Crippen molar-refractivity contribution in [3.05, 3.63) is 0 Å². The second-order valence-electron chi connectivity index (χ2n) is 5.16. The highest BCUT2D eigenvalue weighted by Gasteiger charge is 2.25. The molecule has 0 saturated carbocycles. The van der Waals surface area contributed by atoms with Crippen LogP contribution in [0.25, 0.3) is 0 Å². The Balaban J connectivity index is 2.33. The second kappa shape index (κ2) is 5.50. The highest BCUT2D eigenvalue weighted by molar-refractivity contribution is 5.68. The van der Waals surface area contributed by atoms with Gasteiger partial charge in [-0.3, -0.25) is 0 Å². The zero-order valence-electron chi connectivity index (χ0n) is 10.2. The zero-order valence-corrected chi connectivity index (χ0v) is 10.2. The summed E-state index contributed by atoms with van der Waals surface area (Å²) in [5.74, 6) is 0.105. The van der Waals surface area contributed by atoms with Gasteiger partial charge in [0.2, 0.25) is 0 Å². The lowest BCUT2D eigenvalue weighted by atomic mass is 10.00. The van der Waals surface area contributed by atoms with Crippen molar-refractivity contribution in [3.63, 3.8) is 0 Å². The van der Waals surface area contributed by atoms with Crippen molar-refractivity contribution in [1.29, 1.82) is 0 Å². The molecule has 16 heavy (non-hydrogen) atoms. The first-order valence-electron chi connectivity index (χ1n) is 5.59. The van der Waals surface area contributed by atoms with Gasteiger partial charge < -0.3 is 19.9 Å². The number of nitrogens with one attached hydrogen (secondary N) is 1. The largest absolute Gasteiger partial charge is 0.444 e. The summed E-state index contributed by atoms with van der Waals surface area (Å²) >= 11 is 0. The normalized spacial score (nSPS) is 26.2. The quantitative estimate of drug-likeness (QED) is 0.741. The fraction of sp³-hybridized carbons (Fsp3) is 0.909. The van der Waals surface area contributed by atoms with Gasteiger partial charge in [0.25, 0.3) is 0 Å². The predicted molar refractivity (Wildman–Crippen MR) is 59.2 cm³/mol. The van der Waals surface area contributed by atoms with Crippen LogP contribution in [-0.4, -0.2) is 42.7 Å². The molecule has 0 spiro atoms. The lowest BCUT2D eigenvalue weighted by Gasteiger charge is -2.29. The number of aliphatic hydroxyl groups is 1. The SMILES string of the molecule is CC(C)(C)OC(=O)N[C@H]1COC[C@@H](CO)C1. The molecule has 1 saturated heterocycles. The molecule has 0 aromatic carbocycles. The third kappa shape index (κ3) is 4.81. The molecule has 1 amide bonds. The summed E-state index contributed by atoms with van der Waals surface area (Å²) in [6.45, 7) is 6.59. The molecule has 94 valence electrons. The first-order chi connectivity index (χ1) is 7.40. The number of hydrogen-bond donors (Lipinski definition) is 2. The summed E-state index contributed by atoms with van der Waals surface area (Å²) in [4.78, 5) is 11.5. The highest BCUT2D eigenvalue weighted by Crippen LogP contribution is 2.14. The van der Waals surface area contributed by atoms with Crippen LogP contribution in [0.1, 0.15) is 27.2 Å². The zero-order chi connectivity index (χ0) is 12.2. The van der Waals surface area contributed by atoms with E-state index in [1.807, 2.05) is 20.8 Å². The van der Waals surface area contributed by atoms with E-state index in [1.54, 1.807) is 0 Å². The Morgan fingerprint density at radius 3 is 2.75 bits per heavy atom. The summed E-state index contributed by atoms with van der Waals surface area (Å²) in [5.41, 5.74) is -0.490. The summed E-state index contributed by atoms with van der Waals surface area (Å²) < 4.78 is 10.4. The molecule has 1 aliphatic rings. The topological polar surface area (TPSA) is 67.8 Å². The molecule has 0 bridgehead atoms. The van der Waals surface area contributed by atoms with Crippen LogP contribution >= 0.6 is 0 Å². The Kier molecular flexibility index (Phi) is 4.56. The maximum Gasteiger partial charge on any atom is 0.407 e. The predicted octanol–water partition coefficient (Wildman–Crippen LogP) is 0.908. The third-order valence-corrected chi connectivity index (χ3v) is 2.27. The Bertz CT molecular complexity index is 237. The molecule has 0 aromatic heterocycles. The van der Waals surface area contributed by atoms with E-state index in [4.69, 9.17) is 14.6 Å². The molecule has 1 heterocycles.